The summed E-state index contributed by atoms with van der Waals surface area (Å²) < 4.78 is 5.81. The van der Waals surface area contributed by atoms with Gasteiger partial charge in [0, 0.05) is 23.8 Å². The van der Waals surface area contributed by atoms with Gasteiger partial charge in [-0.15, -0.1) is 0 Å². The third kappa shape index (κ3) is 5.68. The molecule has 1 heterocycles. The van der Waals surface area contributed by atoms with Gasteiger partial charge in [0.1, 0.15) is 12.2 Å². The number of urea groups is 1. The quantitative estimate of drug-likeness (QED) is 0.551. The van der Waals surface area contributed by atoms with E-state index < -0.39 is 24.3 Å². The van der Waals surface area contributed by atoms with Gasteiger partial charge in [-0.05, 0) is 30.8 Å². The predicted octanol–water partition coefficient (Wildman–Crippen LogP) is 2.08. The summed E-state index contributed by atoms with van der Waals surface area (Å²) in [6, 6.07) is 16.0. The molecule has 0 bridgehead atoms. The number of nitrogens with one attached hydrogen (secondary N) is 2. The van der Waals surface area contributed by atoms with Crippen LogP contribution in [-0.4, -0.2) is 65.7 Å². The van der Waals surface area contributed by atoms with Crippen LogP contribution in [0.3, 0.4) is 0 Å². The minimum atomic E-state index is -0.864. The number of nitrogens with zero attached hydrogens (tertiary/aromatic N) is 1. The maximum atomic E-state index is 12.2. The normalized spacial score (nSPS) is 23.9. The number of ether oxygens (including phenoxy) is 1. The molecule has 4 N–H and O–H groups in total. The van der Waals surface area contributed by atoms with Crippen LogP contribution in [0.2, 0.25) is 5.02 Å². The van der Waals surface area contributed by atoms with Crippen molar-refractivity contribution in [2.75, 3.05) is 25.5 Å². The second kappa shape index (κ2) is 10.0. The van der Waals surface area contributed by atoms with E-state index in [0.717, 1.165) is 5.56 Å². The van der Waals surface area contributed by atoms with E-state index in [1.165, 1.54) is 0 Å². The van der Waals surface area contributed by atoms with Crippen LogP contribution in [0.5, 0.6) is 0 Å². The molecule has 29 heavy (non-hydrogen) atoms. The number of aliphatic hydroxyl groups is 2. The number of aliphatic hydroxyl groups excluding tert-OH is 2. The summed E-state index contributed by atoms with van der Waals surface area (Å²) in [5, 5.41) is 26.2. The Kier molecular flexibility index (Phi) is 7.46. The highest BCUT2D eigenvalue weighted by molar-refractivity contribution is 6.30. The van der Waals surface area contributed by atoms with E-state index in [1.54, 1.807) is 24.3 Å². The minimum Gasteiger partial charge on any atom is -0.394 e. The molecule has 4 atom stereocenters. The van der Waals surface area contributed by atoms with Crippen molar-refractivity contribution >= 4 is 23.3 Å². The van der Waals surface area contributed by atoms with Crippen molar-refractivity contribution in [1.82, 2.24) is 10.2 Å². The SMILES string of the molecule is CN(Cc1ccccc1)[C@H]1[C@H](O)[C@H](CO)O[C@@H]1CNC(=O)Nc1cccc(Cl)c1. The van der Waals surface area contributed by atoms with E-state index in [-0.39, 0.29) is 19.2 Å². The van der Waals surface area contributed by atoms with Crippen LogP contribution in [-0.2, 0) is 11.3 Å². The maximum absolute atomic E-state index is 12.2. The third-order valence-corrected chi connectivity index (χ3v) is 5.21. The van der Waals surface area contributed by atoms with E-state index in [9.17, 15) is 15.0 Å². The monoisotopic (exact) mass is 419 g/mol. The van der Waals surface area contributed by atoms with Crippen LogP contribution in [0.4, 0.5) is 10.5 Å². The molecule has 1 aliphatic heterocycles. The number of rotatable bonds is 7. The molecule has 7 nitrogen and oxygen atoms in total. The molecule has 0 aromatic heterocycles. The van der Waals surface area contributed by atoms with Gasteiger partial charge in [0.2, 0.25) is 0 Å². The van der Waals surface area contributed by atoms with Gasteiger partial charge in [0.15, 0.2) is 0 Å². The summed E-state index contributed by atoms with van der Waals surface area (Å²) in [5.41, 5.74) is 1.67. The van der Waals surface area contributed by atoms with Crippen molar-refractivity contribution in [3.05, 3.63) is 65.2 Å². The Hall–Kier alpha value is -2.16. The predicted molar refractivity (Wildman–Crippen MR) is 112 cm³/mol. The summed E-state index contributed by atoms with van der Waals surface area (Å²) in [5.74, 6) is 0. The second-order valence-corrected chi connectivity index (χ2v) is 7.56. The van der Waals surface area contributed by atoms with Gasteiger partial charge < -0.3 is 25.6 Å². The molecule has 0 saturated carbocycles. The van der Waals surface area contributed by atoms with Crippen LogP contribution >= 0.6 is 11.6 Å². The fourth-order valence-corrected chi connectivity index (χ4v) is 3.79. The Bertz CT molecular complexity index is 808. The number of hydrogen-bond donors (Lipinski definition) is 4. The van der Waals surface area contributed by atoms with Crippen molar-refractivity contribution in [2.45, 2.75) is 30.9 Å². The second-order valence-electron chi connectivity index (χ2n) is 7.12. The number of halogens is 1. The highest BCUT2D eigenvalue weighted by Gasteiger charge is 2.45. The van der Waals surface area contributed by atoms with Crippen molar-refractivity contribution in [1.29, 1.82) is 0 Å². The smallest absolute Gasteiger partial charge is 0.319 e. The van der Waals surface area contributed by atoms with Gasteiger partial charge in [0.05, 0.1) is 18.8 Å². The van der Waals surface area contributed by atoms with Crippen molar-refractivity contribution in [2.24, 2.45) is 0 Å². The maximum Gasteiger partial charge on any atom is 0.319 e. The molecule has 0 spiro atoms. The summed E-state index contributed by atoms with van der Waals surface area (Å²) >= 11 is 5.93. The summed E-state index contributed by atoms with van der Waals surface area (Å²) in [6.45, 7) is 0.501. The first-order chi connectivity index (χ1) is 14.0. The van der Waals surface area contributed by atoms with E-state index in [1.807, 2.05) is 42.3 Å². The van der Waals surface area contributed by atoms with Gasteiger partial charge in [-0.3, -0.25) is 4.90 Å². The zero-order valence-electron chi connectivity index (χ0n) is 16.2. The first-order valence-electron chi connectivity index (χ1n) is 9.47. The first-order valence-corrected chi connectivity index (χ1v) is 9.84. The molecule has 2 aromatic carbocycles. The standard InChI is InChI=1S/C21H26ClN3O4/c1-25(12-14-6-3-2-4-7-14)19-17(29-18(13-26)20(19)27)11-23-21(28)24-16-9-5-8-15(22)10-16/h2-10,17-20,26-27H,11-13H2,1H3,(H2,23,24,28)/t17-,18+,19-,20-/m1/s1. The molecule has 1 fully saturated rings. The molecule has 0 radical (unpaired) electrons. The van der Waals surface area contributed by atoms with Crippen LogP contribution in [0.1, 0.15) is 5.56 Å². The summed E-state index contributed by atoms with van der Waals surface area (Å²) in [7, 11) is 1.89. The lowest BCUT2D eigenvalue weighted by Gasteiger charge is -2.30. The minimum absolute atomic E-state index is 0.184. The average molecular weight is 420 g/mol. The molecule has 3 rings (SSSR count). The van der Waals surface area contributed by atoms with Crippen molar-refractivity contribution < 1.29 is 19.7 Å². The van der Waals surface area contributed by atoms with Crippen LogP contribution < -0.4 is 10.6 Å². The Labute approximate surface area is 175 Å². The molecule has 156 valence electrons. The Balaban J connectivity index is 1.61. The van der Waals surface area contributed by atoms with Gasteiger partial charge in [0.25, 0.3) is 0 Å². The van der Waals surface area contributed by atoms with Crippen LogP contribution in [0, 0.1) is 0 Å². The van der Waals surface area contributed by atoms with Gasteiger partial charge in [-0.1, -0.05) is 48.0 Å². The number of anilines is 1. The number of carbonyl (C=O) groups excluding carboxylic acids is 1. The van der Waals surface area contributed by atoms with E-state index >= 15 is 0 Å². The van der Waals surface area contributed by atoms with E-state index in [2.05, 4.69) is 10.6 Å². The van der Waals surface area contributed by atoms with Crippen molar-refractivity contribution in [3.63, 3.8) is 0 Å². The Morgan fingerprint density at radius 2 is 1.93 bits per heavy atom. The lowest BCUT2D eigenvalue weighted by Crippen LogP contribution is -2.49. The number of likely N-dealkylation sites (N-methyl/N-ethyl adjacent to an activating group) is 1. The highest BCUT2D eigenvalue weighted by Crippen LogP contribution is 2.26. The van der Waals surface area contributed by atoms with Gasteiger partial charge >= 0.3 is 6.03 Å². The largest absolute Gasteiger partial charge is 0.394 e. The molecule has 2 amide bonds. The molecule has 1 aliphatic rings. The molecule has 2 aromatic rings. The van der Waals surface area contributed by atoms with E-state index in [4.69, 9.17) is 16.3 Å². The lowest BCUT2D eigenvalue weighted by molar-refractivity contribution is -0.0205. The third-order valence-electron chi connectivity index (χ3n) is 4.97. The van der Waals surface area contributed by atoms with Crippen LogP contribution in [0.15, 0.2) is 54.6 Å². The molecule has 0 aliphatic carbocycles. The highest BCUT2D eigenvalue weighted by atomic mass is 35.5. The molecule has 1 saturated heterocycles. The Morgan fingerprint density at radius 3 is 2.62 bits per heavy atom. The van der Waals surface area contributed by atoms with Crippen LogP contribution in [0.25, 0.3) is 0 Å². The lowest BCUT2D eigenvalue weighted by atomic mass is 10.0. The number of hydrogen-bond acceptors (Lipinski definition) is 5. The number of carbonyl (C=O) groups is 1. The first kappa shape index (κ1) is 21.5. The molecular weight excluding hydrogens is 394 g/mol. The summed E-state index contributed by atoms with van der Waals surface area (Å²) in [4.78, 5) is 14.2. The summed E-state index contributed by atoms with van der Waals surface area (Å²) in [6.07, 6.45) is -2.03. The molecule has 0 unspecified atom stereocenters. The topological polar surface area (TPSA) is 94.1 Å². The van der Waals surface area contributed by atoms with E-state index in [0.29, 0.717) is 17.3 Å². The molecular formula is C21H26ClN3O4. The number of benzene rings is 2. The van der Waals surface area contributed by atoms with Crippen molar-refractivity contribution in [3.8, 4) is 0 Å². The Morgan fingerprint density at radius 1 is 1.17 bits per heavy atom. The van der Waals surface area contributed by atoms with Gasteiger partial charge in [-0.25, -0.2) is 4.79 Å². The van der Waals surface area contributed by atoms with Gasteiger partial charge in [-0.2, -0.15) is 0 Å². The fraction of sp³-hybridized carbons (Fsp3) is 0.381. The average Bonchev–Trinajstić information content (AvgIpc) is 3.02. The fourth-order valence-electron chi connectivity index (χ4n) is 3.60. The molecule has 8 heteroatoms. The zero-order valence-corrected chi connectivity index (χ0v) is 16.9. The number of amides is 2. The zero-order chi connectivity index (χ0) is 20.8.